The second-order valence-electron chi connectivity index (χ2n) is 14.4. The molecule has 0 bridgehead atoms. The zero-order chi connectivity index (χ0) is 37.5. The molecule has 4 aromatic heterocycles. The minimum atomic E-state index is 0.583. The Labute approximate surface area is 331 Å². The zero-order valence-electron chi connectivity index (χ0n) is 30.5. The highest BCUT2D eigenvalue weighted by Crippen LogP contribution is 2.43. The summed E-state index contributed by atoms with van der Waals surface area (Å²) < 4.78 is 7.11. The van der Waals surface area contributed by atoms with Crippen molar-refractivity contribution in [2.45, 2.75) is 0 Å². The predicted molar refractivity (Wildman–Crippen MR) is 238 cm³/mol. The van der Waals surface area contributed by atoms with E-state index in [0.717, 1.165) is 44.3 Å². The Kier molecular flexibility index (Phi) is 7.03. The van der Waals surface area contributed by atoms with Gasteiger partial charge in [0.25, 0.3) is 0 Å². The van der Waals surface area contributed by atoms with Gasteiger partial charge in [0.1, 0.15) is 0 Å². The predicted octanol–water partition coefficient (Wildman–Crippen LogP) is 13.4. The van der Waals surface area contributed by atoms with Crippen LogP contribution in [-0.4, -0.2) is 24.1 Å². The third-order valence-electron chi connectivity index (χ3n) is 11.2. The Hall–Kier alpha value is -7.41. The number of rotatable bonds is 5. The Morgan fingerprint density at radius 2 is 0.895 bits per heavy atom. The van der Waals surface area contributed by atoms with E-state index in [0.29, 0.717) is 17.6 Å². The van der Waals surface area contributed by atoms with Crippen LogP contribution in [0.15, 0.2) is 188 Å². The molecule has 0 aliphatic carbocycles. The van der Waals surface area contributed by atoms with E-state index >= 15 is 0 Å². The van der Waals surface area contributed by atoms with Gasteiger partial charge in [0, 0.05) is 58.5 Å². The second-order valence-corrected chi connectivity index (χ2v) is 15.5. The van der Waals surface area contributed by atoms with Crippen molar-refractivity contribution in [2.75, 3.05) is 0 Å². The summed E-state index contributed by atoms with van der Waals surface area (Å²) in [6, 6.07) is 66.7. The Bertz CT molecular complexity index is 3520. The molecule has 0 radical (unpaired) electrons. The third kappa shape index (κ3) is 4.98. The molecule has 12 rings (SSSR count). The SMILES string of the molecule is c1ccc(-c2cccc(-n3c4ccccc4c4c5c6ccccc6n(-c6nc(-c7ccccc7)nc(-c7ccc8c(c7)sc7ccccc78)n6)c5ccc43)c2)cc1. The van der Waals surface area contributed by atoms with Crippen LogP contribution in [0.2, 0.25) is 0 Å². The molecule has 0 N–H and O–H groups in total. The number of para-hydroxylation sites is 2. The van der Waals surface area contributed by atoms with Crippen molar-refractivity contribution in [3.05, 3.63) is 188 Å². The smallest absolute Gasteiger partial charge is 0.238 e. The van der Waals surface area contributed by atoms with Crippen LogP contribution >= 0.6 is 11.3 Å². The lowest BCUT2D eigenvalue weighted by Crippen LogP contribution is -2.06. The molecule has 0 fully saturated rings. The van der Waals surface area contributed by atoms with Gasteiger partial charge in [-0.1, -0.05) is 140 Å². The molecular formula is C51H31N5S. The standard InChI is InChI=1S/C51H31N5S/c1-3-14-32(15-4-1)34-18-13-19-36(30-34)55-41-23-10-7-21-39(41)47-43(55)28-29-44-48(47)40-22-8-11-24-42(40)56(44)51-53-49(33-16-5-2-6-17-33)52-50(54-51)35-26-27-38-37-20-9-12-25-45(37)57-46(38)31-35/h1-31H. The number of hydrogen-bond donors (Lipinski definition) is 0. The molecule has 0 aliphatic rings. The molecule has 0 unspecified atom stereocenters. The van der Waals surface area contributed by atoms with Crippen molar-refractivity contribution < 1.29 is 0 Å². The van der Waals surface area contributed by atoms with Crippen molar-refractivity contribution >= 4 is 75.1 Å². The minimum Gasteiger partial charge on any atom is -0.309 e. The molecule has 0 amide bonds. The number of fused-ring (bicyclic) bond motifs is 10. The molecule has 0 spiro atoms. The summed E-state index contributed by atoms with van der Waals surface area (Å²) in [5, 5.41) is 7.24. The van der Waals surface area contributed by atoms with Gasteiger partial charge in [-0.3, -0.25) is 4.57 Å². The number of benzene rings is 8. The van der Waals surface area contributed by atoms with Crippen LogP contribution in [0.1, 0.15) is 0 Å². The van der Waals surface area contributed by atoms with E-state index in [-0.39, 0.29) is 0 Å². The van der Waals surface area contributed by atoms with E-state index < -0.39 is 0 Å². The van der Waals surface area contributed by atoms with Crippen molar-refractivity contribution in [3.8, 4) is 45.5 Å². The fourth-order valence-corrected chi connectivity index (χ4v) is 9.79. The summed E-state index contributed by atoms with van der Waals surface area (Å²) in [7, 11) is 0. The summed E-state index contributed by atoms with van der Waals surface area (Å²) in [5.41, 5.74) is 9.79. The van der Waals surface area contributed by atoms with E-state index in [2.05, 4.69) is 179 Å². The molecule has 6 heteroatoms. The van der Waals surface area contributed by atoms with E-state index in [1.165, 1.54) is 47.5 Å². The number of hydrogen-bond acceptors (Lipinski definition) is 4. The number of nitrogens with zero attached hydrogens (tertiary/aromatic N) is 5. The van der Waals surface area contributed by atoms with Crippen LogP contribution in [0.25, 0.3) is 109 Å². The lowest BCUT2D eigenvalue weighted by Gasteiger charge is -2.12. The van der Waals surface area contributed by atoms with Gasteiger partial charge in [0.05, 0.1) is 22.1 Å². The van der Waals surface area contributed by atoms with Gasteiger partial charge in [-0.2, -0.15) is 9.97 Å². The van der Waals surface area contributed by atoms with Crippen LogP contribution in [-0.2, 0) is 0 Å². The number of aromatic nitrogens is 5. The Morgan fingerprint density at radius 1 is 0.333 bits per heavy atom. The highest BCUT2D eigenvalue weighted by atomic mass is 32.1. The maximum Gasteiger partial charge on any atom is 0.238 e. The maximum absolute atomic E-state index is 5.31. The molecule has 0 aliphatic heterocycles. The van der Waals surface area contributed by atoms with E-state index in [4.69, 9.17) is 15.0 Å². The third-order valence-corrected chi connectivity index (χ3v) is 12.3. The molecule has 8 aromatic carbocycles. The molecule has 0 atom stereocenters. The molecule has 0 saturated carbocycles. The lowest BCUT2D eigenvalue weighted by molar-refractivity contribution is 0.954. The summed E-state index contributed by atoms with van der Waals surface area (Å²) >= 11 is 1.80. The van der Waals surface area contributed by atoms with Gasteiger partial charge in [0.2, 0.25) is 5.95 Å². The van der Waals surface area contributed by atoms with E-state index in [1.807, 2.05) is 18.2 Å². The van der Waals surface area contributed by atoms with Crippen LogP contribution in [0, 0.1) is 0 Å². The normalized spacial score (nSPS) is 11.9. The molecule has 0 saturated heterocycles. The van der Waals surface area contributed by atoms with Gasteiger partial charge in [0.15, 0.2) is 11.6 Å². The highest BCUT2D eigenvalue weighted by Gasteiger charge is 2.23. The Morgan fingerprint density at radius 3 is 1.63 bits per heavy atom. The van der Waals surface area contributed by atoms with E-state index in [9.17, 15) is 0 Å². The quantitative estimate of drug-likeness (QED) is 0.176. The fraction of sp³-hybridized carbons (Fsp3) is 0. The fourth-order valence-electron chi connectivity index (χ4n) is 8.64. The van der Waals surface area contributed by atoms with Crippen molar-refractivity contribution in [3.63, 3.8) is 0 Å². The average molecular weight is 746 g/mol. The highest BCUT2D eigenvalue weighted by molar-refractivity contribution is 7.25. The number of thiophene rings is 1. The monoisotopic (exact) mass is 745 g/mol. The first-order valence-corrected chi connectivity index (χ1v) is 19.9. The zero-order valence-corrected chi connectivity index (χ0v) is 31.4. The van der Waals surface area contributed by atoms with Gasteiger partial charge >= 0.3 is 0 Å². The molecule has 4 heterocycles. The van der Waals surface area contributed by atoms with E-state index in [1.54, 1.807) is 11.3 Å². The average Bonchev–Trinajstić information content (AvgIpc) is 3.94. The van der Waals surface area contributed by atoms with Crippen LogP contribution in [0.5, 0.6) is 0 Å². The molecule has 5 nitrogen and oxygen atoms in total. The van der Waals surface area contributed by atoms with Crippen molar-refractivity contribution in [1.29, 1.82) is 0 Å². The summed E-state index contributed by atoms with van der Waals surface area (Å²) in [5.74, 6) is 1.86. The van der Waals surface area contributed by atoms with Gasteiger partial charge in [-0.05, 0) is 59.7 Å². The summed E-state index contributed by atoms with van der Waals surface area (Å²) in [6.07, 6.45) is 0. The molecular weight excluding hydrogens is 715 g/mol. The van der Waals surface area contributed by atoms with Crippen molar-refractivity contribution in [1.82, 2.24) is 24.1 Å². The van der Waals surface area contributed by atoms with Crippen molar-refractivity contribution in [2.24, 2.45) is 0 Å². The first-order chi connectivity index (χ1) is 28.3. The molecule has 266 valence electrons. The Balaban J connectivity index is 1.12. The molecule has 12 aromatic rings. The maximum atomic E-state index is 5.31. The van der Waals surface area contributed by atoms with Gasteiger partial charge < -0.3 is 4.57 Å². The van der Waals surface area contributed by atoms with Crippen LogP contribution < -0.4 is 0 Å². The second kappa shape index (κ2) is 12.6. The lowest BCUT2D eigenvalue weighted by atomic mass is 10.0. The topological polar surface area (TPSA) is 48.5 Å². The van der Waals surface area contributed by atoms with Crippen LogP contribution in [0.3, 0.4) is 0 Å². The first kappa shape index (κ1) is 31.9. The van der Waals surface area contributed by atoms with Crippen LogP contribution in [0.4, 0.5) is 0 Å². The summed E-state index contributed by atoms with van der Waals surface area (Å²) in [4.78, 5) is 15.7. The van der Waals surface area contributed by atoms with Gasteiger partial charge in [-0.15, -0.1) is 11.3 Å². The largest absolute Gasteiger partial charge is 0.309 e. The summed E-state index contributed by atoms with van der Waals surface area (Å²) in [6.45, 7) is 0. The minimum absolute atomic E-state index is 0.583. The molecule has 57 heavy (non-hydrogen) atoms. The van der Waals surface area contributed by atoms with Gasteiger partial charge in [-0.25, -0.2) is 4.98 Å². The first-order valence-electron chi connectivity index (χ1n) is 19.1.